The number of hydrogen-bond donors (Lipinski definition) is 2. The Labute approximate surface area is 67.6 Å². The molecule has 1 aromatic rings. The van der Waals surface area contributed by atoms with Gasteiger partial charge in [0, 0.05) is 19.4 Å². The van der Waals surface area contributed by atoms with E-state index in [0.717, 1.165) is 0 Å². The molecule has 6 nitrogen and oxygen atoms in total. The second kappa shape index (κ2) is 3.51. The lowest BCUT2D eigenvalue weighted by Crippen LogP contribution is -2.25. The van der Waals surface area contributed by atoms with Gasteiger partial charge in [-0.1, -0.05) is 0 Å². The Morgan fingerprint density at radius 3 is 3.08 bits per heavy atom. The number of H-pyrrole nitrogens is 1. The van der Waals surface area contributed by atoms with Crippen LogP contribution in [0, 0.1) is 0 Å². The van der Waals surface area contributed by atoms with Crippen molar-refractivity contribution in [1.82, 2.24) is 15.3 Å². The Bertz CT molecular complexity index is 333. The SMILES string of the molecule is CNC(=O)Oc1ncc[nH]c1=O. The molecule has 64 valence electrons. The first kappa shape index (κ1) is 8.25. The molecule has 1 heterocycles. The van der Waals surface area contributed by atoms with Crippen LogP contribution in [-0.2, 0) is 0 Å². The Hall–Kier alpha value is -1.85. The average molecular weight is 169 g/mol. The zero-order valence-corrected chi connectivity index (χ0v) is 6.33. The van der Waals surface area contributed by atoms with E-state index in [4.69, 9.17) is 0 Å². The molecule has 0 saturated heterocycles. The molecule has 0 bridgehead atoms. The van der Waals surface area contributed by atoms with Crippen LogP contribution in [0.15, 0.2) is 17.2 Å². The van der Waals surface area contributed by atoms with Crippen LogP contribution in [0.2, 0.25) is 0 Å². The quantitative estimate of drug-likeness (QED) is 0.592. The highest BCUT2D eigenvalue weighted by molar-refractivity contribution is 5.69. The van der Waals surface area contributed by atoms with Crippen LogP contribution in [0.1, 0.15) is 0 Å². The summed E-state index contributed by atoms with van der Waals surface area (Å²) in [5.74, 6) is -0.267. The van der Waals surface area contributed by atoms with Gasteiger partial charge in [-0.3, -0.25) is 4.79 Å². The molecule has 2 N–H and O–H groups in total. The molecule has 1 amide bonds. The van der Waals surface area contributed by atoms with Crippen LogP contribution in [0.5, 0.6) is 5.88 Å². The first-order valence-electron chi connectivity index (χ1n) is 3.17. The number of aromatic nitrogens is 2. The minimum Gasteiger partial charge on any atom is -0.385 e. The average Bonchev–Trinajstić information content (AvgIpc) is 2.09. The van der Waals surface area contributed by atoms with E-state index in [9.17, 15) is 9.59 Å². The number of ether oxygens (including phenoxy) is 1. The molecule has 6 heteroatoms. The standard InChI is InChI=1S/C6H7N3O3/c1-7-6(11)12-5-4(10)8-2-3-9-5/h2-3H,1H3,(H,7,11)(H,8,10). The first-order valence-corrected chi connectivity index (χ1v) is 3.17. The van der Waals surface area contributed by atoms with Gasteiger partial charge in [0.25, 0.3) is 5.88 Å². The van der Waals surface area contributed by atoms with Crippen LogP contribution in [0.25, 0.3) is 0 Å². The van der Waals surface area contributed by atoms with Crippen molar-refractivity contribution in [2.75, 3.05) is 7.05 Å². The summed E-state index contributed by atoms with van der Waals surface area (Å²) in [6, 6.07) is 0. The van der Waals surface area contributed by atoms with E-state index in [-0.39, 0.29) is 5.88 Å². The fraction of sp³-hybridized carbons (Fsp3) is 0.167. The van der Waals surface area contributed by atoms with Crippen molar-refractivity contribution in [3.63, 3.8) is 0 Å². The maximum atomic E-state index is 10.8. The van der Waals surface area contributed by atoms with E-state index in [1.54, 1.807) is 0 Å². The highest BCUT2D eigenvalue weighted by Crippen LogP contribution is 1.92. The van der Waals surface area contributed by atoms with E-state index < -0.39 is 11.7 Å². The normalized spacial score (nSPS) is 9.08. The lowest BCUT2D eigenvalue weighted by Gasteiger charge is -1.98. The molecule has 0 aromatic carbocycles. The Morgan fingerprint density at radius 1 is 1.75 bits per heavy atom. The van der Waals surface area contributed by atoms with E-state index in [1.807, 2.05) is 0 Å². The third-order valence-electron chi connectivity index (χ3n) is 1.07. The van der Waals surface area contributed by atoms with Gasteiger partial charge in [-0.2, -0.15) is 0 Å². The molecule has 0 fully saturated rings. The van der Waals surface area contributed by atoms with Crippen LogP contribution in [0.3, 0.4) is 0 Å². The van der Waals surface area contributed by atoms with Crippen LogP contribution in [0.4, 0.5) is 4.79 Å². The number of nitrogens with one attached hydrogen (secondary N) is 2. The Morgan fingerprint density at radius 2 is 2.50 bits per heavy atom. The van der Waals surface area contributed by atoms with Crippen LogP contribution < -0.4 is 15.6 Å². The monoisotopic (exact) mass is 169 g/mol. The van der Waals surface area contributed by atoms with Gasteiger partial charge in [0.1, 0.15) is 0 Å². The summed E-state index contributed by atoms with van der Waals surface area (Å²) in [5, 5.41) is 2.19. The number of amides is 1. The summed E-state index contributed by atoms with van der Waals surface area (Å²) in [6.45, 7) is 0. The molecule has 0 aliphatic heterocycles. The van der Waals surface area contributed by atoms with Crippen molar-refractivity contribution in [3.05, 3.63) is 22.7 Å². The van der Waals surface area contributed by atoms with Gasteiger partial charge in [0.15, 0.2) is 0 Å². The van der Waals surface area contributed by atoms with Gasteiger partial charge in [-0.25, -0.2) is 9.78 Å². The Balaban J connectivity index is 2.83. The van der Waals surface area contributed by atoms with Crippen molar-refractivity contribution in [3.8, 4) is 5.88 Å². The second-order valence-electron chi connectivity index (χ2n) is 1.86. The summed E-state index contributed by atoms with van der Waals surface area (Å²) in [4.78, 5) is 27.3. The van der Waals surface area contributed by atoms with Crippen molar-refractivity contribution in [2.24, 2.45) is 0 Å². The lowest BCUT2D eigenvalue weighted by molar-refractivity contribution is 0.200. The summed E-state index contributed by atoms with van der Waals surface area (Å²) in [5.41, 5.74) is -0.541. The van der Waals surface area contributed by atoms with Gasteiger partial charge in [-0.15, -0.1) is 0 Å². The molecule has 1 aromatic heterocycles. The summed E-state index contributed by atoms with van der Waals surface area (Å²) >= 11 is 0. The Kier molecular flexibility index (Phi) is 2.42. The predicted octanol–water partition coefficient (Wildman–Crippen LogP) is -0.512. The van der Waals surface area contributed by atoms with Crippen molar-refractivity contribution in [1.29, 1.82) is 0 Å². The number of hydrogen-bond acceptors (Lipinski definition) is 4. The lowest BCUT2D eigenvalue weighted by atomic mass is 10.7. The van der Waals surface area contributed by atoms with Gasteiger partial charge in [-0.05, 0) is 0 Å². The maximum absolute atomic E-state index is 10.8. The van der Waals surface area contributed by atoms with Crippen molar-refractivity contribution >= 4 is 6.09 Å². The van der Waals surface area contributed by atoms with E-state index >= 15 is 0 Å². The van der Waals surface area contributed by atoms with Crippen molar-refractivity contribution in [2.45, 2.75) is 0 Å². The van der Waals surface area contributed by atoms with Crippen LogP contribution >= 0.6 is 0 Å². The molecular weight excluding hydrogens is 162 g/mol. The van der Waals surface area contributed by atoms with E-state index in [2.05, 4.69) is 20.0 Å². The number of carbonyl (C=O) groups is 1. The largest absolute Gasteiger partial charge is 0.413 e. The summed E-state index contributed by atoms with van der Waals surface area (Å²) in [6.07, 6.45) is 1.94. The molecule has 0 aliphatic carbocycles. The summed E-state index contributed by atoms with van der Waals surface area (Å²) < 4.78 is 4.49. The molecule has 12 heavy (non-hydrogen) atoms. The highest BCUT2D eigenvalue weighted by Gasteiger charge is 2.05. The fourth-order valence-electron chi connectivity index (χ4n) is 0.550. The molecule has 0 radical (unpaired) electrons. The molecular formula is C6H7N3O3. The predicted molar refractivity (Wildman–Crippen MR) is 39.9 cm³/mol. The number of rotatable bonds is 1. The highest BCUT2D eigenvalue weighted by atomic mass is 16.6. The van der Waals surface area contributed by atoms with Gasteiger partial charge >= 0.3 is 11.7 Å². The molecule has 1 rings (SSSR count). The van der Waals surface area contributed by atoms with Crippen molar-refractivity contribution < 1.29 is 9.53 Å². The minimum absolute atomic E-state index is 0.267. The fourth-order valence-corrected chi connectivity index (χ4v) is 0.550. The second-order valence-corrected chi connectivity index (χ2v) is 1.86. The molecule has 0 saturated carbocycles. The maximum Gasteiger partial charge on any atom is 0.413 e. The first-order chi connectivity index (χ1) is 5.74. The van der Waals surface area contributed by atoms with Crippen LogP contribution in [-0.4, -0.2) is 23.1 Å². The third-order valence-corrected chi connectivity index (χ3v) is 1.07. The van der Waals surface area contributed by atoms with Gasteiger partial charge in [0.2, 0.25) is 0 Å². The van der Waals surface area contributed by atoms with Gasteiger partial charge in [0.05, 0.1) is 0 Å². The third kappa shape index (κ3) is 1.82. The molecule has 0 aliphatic rings. The zero-order chi connectivity index (χ0) is 8.97. The number of nitrogens with zero attached hydrogens (tertiary/aromatic N) is 1. The number of carbonyl (C=O) groups excluding carboxylic acids is 1. The van der Waals surface area contributed by atoms with E-state index in [1.165, 1.54) is 19.4 Å². The summed E-state index contributed by atoms with van der Waals surface area (Å²) in [7, 11) is 1.39. The smallest absolute Gasteiger partial charge is 0.385 e. The number of aromatic amines is 1. The topological polar surface area (TPSA) is 84.1 Å². The minimum atomic E-state index is -0.723. The van der Waals surface area contributed by atoms with Gasteiger partial charge < -0.3 is 15.0 Å². The molecule has 0 atom stereocenters. The molecule has 0 spiro atoms. The zero-order valence-electron chi connectivity index (χ0n) is 6.33. The molecule has 0 unspecified atom stereocenters. The van der Waals surface area contributed by atoms with E-state index in [0.29, 0.717) is 0 Å².